The van der Waals surface area contributed by atoms with E-state index >= 15 is 0 Å². The molecule has 2 amide bonds. The van der Waals surface area contributed by atoms with Crippen molar-refractivity contribution in [3.63, 3.8) is 0 Å². The lowest BCUT2D eigenvalue weighted by Gasteiger charge is -2.33. The number of halogens is 2. The van der Waals surface area contributed by atoms with Gasteiger partial charge < -0.3 is 19.9 Å². The lowest BCUT2D eigenvalue weighted by molar-refractivity contribution is 0.0527. The zero-order chi connectivity index (χ0) is 21.4. The van der Waals surface area contributed by atoms with Gasteiger partial charge in [-0.2, -0.15) is 5.26 Å². The number of rotatable bonds is 2. The van der Waals surface area contributed by atoms with Crippen LogP contribution in [0.2, 0.25) is 5.02 Å². The van der Waals surface area contributed by atoms with E-state index in [0.29, 0.717) is 27.2 Å². The van der Waals surface area contributed by atoms with Crippen molar-refractivity contribution in [3.8, 4) is 6.07 Å². The lowest BCUT2D eigenvalue weighted by atomic mass is 9.96. The van der Waals surface area contributed by atoms with Crippen molar-refractivity contribution in [1.29, 1.82) is 5.26 Å². The number of pyridine rings is 1. The molecule has 2 heterocycles. The van der Waals surface area contributed by atoms with E-state index in [0.717, 1.165) is 11.6 Å². The van der Waals surface area contributed by atoms with Crippen molar-refractivity contribution in [3.05, 3.63) is 74.4 Å². The Kier molecular flexibility index (Phi) is 5.16. The molecule has 0 saturated heterocycles. The summed E-state index contributed by atoms with van der Waals surface area (Å²) >= 11 is 6.05. The van der Waals surface area contributed by atoms with Crippen LogP contribution in [0.5, 0.6) is 0 Å². The number of hydrogen-bond donors (Lipinski definition) is 2. The van der Waals surface area contributed by atoms with Crippen LogP contribution in [0.25, 0.3) is 10.8 Å². The summed E-state index contributed by atoms with van der Waals surface area (Å²) in [5.74, 6) is -0.660. The Labute approximate surface area is 175 Å². The van der Waals surface area contributed by atoms with E-state index in [4.69, 9.17) is 21.6 Å². The highest BCUT2D eigenvalue weighted by Gasteiger charge is 2.30. The van der Waals surface area contributed by atoms with E-state index in [-0.39, 0.29) is 24.3 Å². The Bertz CT molecular complexity index is 1270. The second-order valence-electron chi connectivity index (χ2n) is 6.91. The standard InChI is InChI=1S/C21H16ClFN4O3/c1-27(21(29)25-13-3-5-16(23)11(6-13)8-24)18-10-30-9-17-19(18)14-4-2-12(22)7-15(14)20(28)26-17/h2-7,18H,9-10H2,1H3,(H,25,29)(H,26,28). The van der Waals surface area contributed by atoms with Crippen molar-refractivity contribution in [2.45, 2.75) is 12.6 Å². The van der Waals surface area contributed by atoms with E-state index in [9.17, 15) is 14.0 Å². The number of aromatic nitrogens is 1. The number of ether oxygens (including phenoxy) is 1. The molecule has 2 N–H and O–H groups in total. The van der Waals surface area contributed by atoms with Crippen LogP contribution in [-0.4, -0.2) is 29.6 Å². The number of likely N-dealkylation sites (N-methyl/N-ethyl adjacent to an activating group) is 1. The number of H-pyrrole nitrogens is 1. The SMILES string of the molecule is CN(C(=O)Nc1ccc(F)c(C#N)c1)C1COCc2[nH]c(=O)c3cc(Cl)ccc3c21. The van der Waals surface area contributed by atoms with Gasteiger partial charge in [0.15, 0.2) is 0 Å². The van der Waals surface area contributed by atoms with Gasteiger partial charge in [-0.05, 0) is 35.7 Å². The van der Waals surface area contributed by atoms with Crippen LogP contribution in [-0.2, 0) is 11.3 Å². The smallest absolute Gasteiger partial charge is 0.322 e. The second kappa shape index (κ2) is 7.78. The maximum atomic E-state index is 13.5. The molecule has 1 unspecified atom stereocenters. The molecule has 0 fully saturated rings. The minimum atomic E-state index is -0.660. The molecule has 0 aliphatic carbocycles. The Hall–Kier alpha value is -3.41. The topological polar surface area (TPSA) is 98.2 Å². The third-order valence-electron chi connectivity index (χ3n) is 5.09. The quantitative estimate of drug-likeness (QED) is 0.648. The average molecular weight is 427 g/mol. The molecule has 1 aliphatic rings. The van der Waals surface area contributed by atoms with Gasteiger partial charge in [-0.1, -0.05) is 17.7 Å². The Morgan fingerprint density at radius 3 is 2.90 bits per heavy atom. The summed E-state index contributed by atoms with van der Waals surface area (Å²) in [6, 6.07) is 9.59. The number of anilines is 1. The number of urea groups is 1. The summed E-state index contributed by atoms with van der Waals surface area (Å²) < 4.78 is 19.1. The first-order valence-corrected chi connectivity index (χ1v) is 9.42. The average Bonchev–Trinajstić information content (AvgIpc) is 2.74. The Morgan fingerprint density at radius 1 is 1.33 bits per heavy atom. The van der Waals surface area contributed by atoms with Gasteiger partial charge in [0, 0.05) is 34.4 Å². The van der Waals surface area contributed by atoms with Crippen LogP contribution in [0.1, 0.15) is 22.9 Å². The summed E-state index contributed by atoms with van der Waals surface area (Å²) in [6.07, 6.45) is 0. The van der Waals surface area contributed by atoms with Crippen molar-refractivity contribution in [2.24, 2.45) is 0 Å². The van der Waals surface area contributed by atoms with Crippen LogP contribution >= 0.6 is 11.6 Å². The van der Waals surface area contributed by atoms with Crippen LogP contribution in [0, 0.1) is 17.1 Å². The molecular formula is C21H16ClFN4O3. The van der Waals surface area contributed by atoms with Crippen LogP contribution in [0.3, 0.4) is 0 Å². The monoisotopic (exact) mass is 426 g/mol. The van der Waals surface area contributed by atoms with Gasteiger partial charge in [-0.25, -0.2) is 9.18 Å². The fraction of sp³-hybridized carbons (Fsp3) is 0.190. The van der Waals surface area contributed by atoms with Gasteiger partial charge in [0.2, 0.25) is 0 Å². The highest BCUT2D eigenvalue weighted by molar-refractivity contribution is 6.31. The number of nitrogens with zero attached hydrogens (tertiary/aromatic N) is 2. The number of benzene rings is 2. The predicted molar refractivity (Wildman–Crippen MR) is 110 cm³/mol. The van der Waals surface area contributed by atoms with Gasteiger partial charge in [0.25, 0.3) is 5.56 Å². The molecule has 0 radical (unpaired) electrons. The molecule has 1 aromatic heterocycles. The van der Waals surface area contributed by atoms with Crippen molar-refractivity contribution >= 4 is 34.1 Å². The fourth-order valence-electron chi connectivity index (χ4n) is 3.57. The molecule has 2 aromatic carbocycles. The van der Waals surface area contributed by atoms with Gasteiger partial charge in [-0.3, -0.25) is 4.79 Å². The van der Waals surface area contributed by atoms with E-state index < -0.39 is 17.9 Å². The number of aromatic amines is 1. The summed E-state index contributed by atoms with van der Waals surface area (Å²) in [7, 11) is 1.60. The molecule has 7 nitrogen and oxygen atoms in total. The molecule has 30 heavy (non-hydrogen) atoms. The molecule has 152 valence electrons. The number of carbonyl (C=O) groups is 1. The van der Waals surface area contributed by atoms with Gasteiger partial charge >= 0.3 is 6.03 Å². The van der Waals surface area contributed by atoms with Gasteiger partial charge in [0.1, 0.15) is 11.9 Å². The number of fused-ring (bicyclic) bond motifs is 3. The summed E-state index contributed by atoms with van der Waals surface area (Å²) in [5.41, 5.74) is 1.22. The largest absolute Gasteiger partial charge is 0.373 e. The summed E-state index contributed by atoms with van der Waals surface area (Å²) in [5, 5.41) is 13.2. The molecule has 0 saturated carbocycles. The van der Waals surface area contributed by atoms with Crippen molar-refractivity contribution < 1.29 is 13.9 Å². The van der Waals surface area contributed by atoms with Crippen molar-refractivity contribution in [1.82, 2.24) is 9.88 Å². The molecule has 0 spiro atoms. The highest BCUT2D eigenvalue weighted by Crippen LogP contribution is 2.33. The molecule has 1 aliphatic heterocycles. The predicted octanol–water partition coefficient (Wildman–Crippen LogP) is 3.93. The zero-order valence-electron chi connectivity index (χ0n) is 15.8. The number of carbonyl (C=O) groups excluding carboxylic acids is 1. The minimum absolute atomic E-state index is 0.165. The first-order valence-electron chi connectivity index (χ1n) is 9.04. The molecule has 1 atom stereocenters. The molecule has 3 aromatic rings. The number of nitrogens with one attached hydrogen (secondary N) is 2. The van der Waals surface area contributed by atoms with Crippen LogP contribution in [0.15, 0.2) is 41.2 Å². The third kappa shape index (κ3) is 3.49. The van der Waals surface area contributed by atoms with E-state index in [1.54, 1.807) is 31.3 Å². The maximum Gasteiger partial charge on any atom is 0.322 e. The zero-order valence-corrected chi connectivity index (χ0v) is 16.6. The summed E-state index contributed by atoms with van der Waals surface area (Å²) in [4.78, 5) is 29.5. The number of nitriles is 1. The fourth-order valence-corrected chi connectivity index (χ4v) is 3.74. The third-order valence-corrected chi connectivity index (χ3v) is 5.32. The first-order chi connectivity index (χ1) is 14.4. The number of hydrogen-bond acceptors (Lipinski definition) is 4. The maximum absolute atomic E-state index is 13.5. The van der Waals surface area contributed by atoms with E-state index in [2.05, 4.69) is 10.3 Å². The molecule has 9 heteroatoms. The number of amides is 2. The van der Waals surface area contributed by atoms with Crippen LogP contribution < -0.4 is 10.9 Å². The van der Waals surface area contributed by atoms with Crippen molar-refractivity contribution in [2.75, 3.05) is 19.0 Å². The van der Waals surface area contributed by atoms with E-state index in [1.165, 1.54) is 17.0 Å². The Balaban J connectivity index is 1.70. The Morgan fingerprint density at radius 2 is 2.13 bits per heavy atom. The van der Waals surface area contributed by atoms with Gasteiger partial charge in [0.05, 0.1) is 24.8 Å². The van der Waals surface area contributed by atoms with E-state index in [1.807, 2.05) is 0 Å². The second-order valence-corrected chi connectivity index (χ2v) is 7.35. The highest BCUT2D eigenvalue weighted by atomic mass is 35.5. The normalized spacial score (nSPS) is 15.3. The summed E-state index contributed by atoms with van der Waals surface area (Å²) in [6.45, 7) is 0.451. The lowest BCUT2D eigenvalue weighted by Crippen LogP contribution is -2.39. The van der Waals surface area contributed by atoms with Gasteiger partial charge in [-0.15, -0.1) is 0 Å². The van der Waals surface area contributed by atoms with Crippen LogP contribution in [0.4, 0.5) is 14.9 Å². The molecule has 0 bridgehead atoms. The first kappa shape index (κ1) is 19.9. The molecule has 4 rings (SSSR count). The molecular weight excluding hydrogens is 411 g/mol. The minimum Gasteiger partial charge on any atom is -0.373 e.